The molecular weight excluding hydrogens is 497 g/mol. The number of rotatable bonds is 5. The fraction of sp³-hybridized carbons (Fsp3) is 0.0667. The second-order valence-corrected chi connectivity index (χ2v) is 9.15. The van der Waals surface area contributed by atoms with Crippen molar-refractivity contribution in [1.29, 1.82) is 0 Å². The number of benzene rings is 3. The van der Waals surface area contributed by atoms with Gasteiger partial charge in [0.05, 0.1) is 10.9 Å². The summed E-state index contributed by atoms with van der Waals surface area (Å²) in [6, 6.07) is 19.3. The number of nitrogens with two attached hydrogens (primary N) is 1. The molecule has 3 aromatic carbocycles. The lowest BCUT2D eigenvalue weighted by molar-refractivity contribution is 0.0998. The van der Waals surface area contributed by atoms with E-state index in [1.807, 2.05) is 49.5 Å². The van der Waals surface area contributed by atoms with Crippen molar-refractivity contribution in [2.45, 2.75) is 13.8 Å². The van der Waals surface area contributed by atoms with E-state index >= 15 is 4.39 Å². The number of nitrogens with zero attached hydrogens (tertiary/aromatic N) is 3. The quantitative estimate of drug-likeness (QED) is 0.309. The molecular formula is C30H22FN5O3. The number of primary amides is 1. The second-order valence-electron chi connectivity index (χ2n) is 9.15. The van der Waals surface area contributed by atoms with Crippen molar-refractivity contribution in [3.63, 3.8) is 0 Å². The van der Waals surface area contributed by atoms with Crippen molar-refractivity contribution >= 4 is 27.8 Å². The van der Waals surface area contributed by atoms with Crippen molar-refractivity contribution in [1.82, 2.24) is 19.5 Å². The number of aromatic amines is 1. The van der Waals surface area contributed by atoms with Gasteiger partial charge in [-0.2, -0.15) is 0 Å². The number of nitrogens with one attached hydrogen (secondary N) is 1. The normalized spacial score (nSPS) is 11.3. The lowest BCUT2D eigenvalue weighted by Gasteiger charge is -2.19. The first-order chi connectivity index (χ1) is 18.8. The van der Waals surface area contributed by atoms with Crippen LogP contribution in [0.25, 0.3) is 38.8 Å². The molecule has 1 amide bonds. The molecule has 0 radical (unpaired) electrons. The maximum atomic E-state index is 15.6. The van der Waals surface area contributed by atoms with Crippen LogP contribution >= 0.6 is 0 Å². The van der Waals surface area contributed by atoms with E-state index in [2.05, 4.69) is 15.0 Å². The van der Waals surface area contributed by atoms with Gasteiger partial charge in [-0.25, -0.2) is 14.4 Å². The lowest BCUT2D eigenvalue weighted by Crippen LogP contribution is -2.27. The van der Waals surface area contributed by atoms with Crippen LogP contribution in [0.15, 0.2) is 84.0 Å². The topological polar surface area (TPSA) is 116 Å². The summed E-state index contributed by atoms with van der Waals surface area (Å²) in [5.41, 5.74) is 9.35. The molecule has 0 aliphatic rings. The van der Waals surface area contributed by atoms with Crippen molar-refractivity contribution in [3.8, 4) is 28.4 Å². The Morgan fingerprint density at radius 2 is 1.82 bits per heavy atom. The number of H-pyrrole nitrogens is 1. The number of carbonyl (C=O) groups is 1. The van der Waals surface area contributed by atoms with Gasteiger partial charge in [-0.1, -0.05) is 42.5 Å². The number of carbonyl (C=O) groups excluding carboxylic acids is 1. The number of ether oxygens (including phenoxy) is 1. The Hall–Kier alpha value is -5.31. The number of pyridine rings is 1. The van der Waals surface area contributed by atoms with E-state index in [1.54, 1.807) is 29.7 Å². The van der Waals surface area contributed by atoms with Gasteiger partial charge in [-0.3, -0.25) is 9.59 Å². The number of aryl methyl sites for hydroxylation is 1. The highest BCUT2D eigenvalue weighted by Gasteiger charge is 2.21. The molecule has 0 fully saturated rings. The minimum absolute atomic E-state index is 0.0474. The molecule has 8 nitrogen and oxygen atoms in total. The first-order valence-corrected chi connectivity index (χ1v) is 12.1. The molecule has 0 aliphatic heterocycles. The van der Waals surface area contributed by atoms with Gasteiger partial charge in [0.1, 0.15) is 17.5 Å². The molecule has 0 unspecified atom stereocenters. The summed E-state index contributed by atoms with van der Waals surface area (Å²) in [6.07, 6.45) is 3.16. The Bertz CT molecular complexity index is 1980. The highest BCUT2D eigenvalue weighted by Crippen LogP contribution is 2.36. The monoisotopic (exact) mass is 519 g/mol. The standard InChI is InChI=1S/C30H22FN5O3/c1-16-7-6-10-20-26(16)36(17(2)24(27(20)37)28(32)38)19-11-12-23(22(31)13-19)39-30-25-21(18-8-4-3-5-9-18)14-33-29(25)34-15-35-30/h3-15H,1-2H3,(H2,32,38)(H,33,34,35). The molecule has 39 heavy (non-hydrogen) atoms. The lowest BCUT2D eigenvalue weighted by atomic mass is 10.0. The average Bonchev–Trinajstić information content (AvgIpc) is 3.36. The van der Waals surface area contributed by atoms with Gasteiger partial charge in [0.15, 0.2) is 11.6 Å². The number of aromatic nitrogens is 4. The molecule has 9 heteroatoms. The van der Waals surface area contributed by atoms with E-state index < -0.39 is 17.2 Å². The molecule has 3 N–H and O–H groups in total. The van der Waals surface area contributed by atoms with Gasteiger partial charge >= 0.3 is 0 Å². The predicted molar refractivity (Wildman–Crippen MR) is 147 cm³/mol. The molecule has 6 rings (SSSR count). The second kappa shape index (κ2) is 9.21. The van der Waals surface area contributed by atoms with Crippen molar-refractivity contribution in [2.75, 3.05) is 0 Å². The molecule has 6 aromatic rings. The molecule has 192 valence electrons. The number of fused-ring (bicyclic) bond motifs is 2. The zero-order valence-electron chi connectivity index (χ0n) is 21.0. The van der Waals surface area contributed by atoms with Crippen molar-refractivity contribution in [3.05, 3.63) is 112 Å². The number of hydrogen-bond acceptors (Lipinski definition) is 5. The summed E-state index contributed by atoms with van der Waals surface area (Å²) in [7, 11) is 0. The molecule has 0 saturated heterocycles. The average molecular weight is 520 g/mol. The van der Waals surface area contributed by atoms with Crippen LogP contribution in [0.5, 0.6) is 11.6 Å². The minimum Gasteiger partial charge on any atom is -0.435 e. The van der Waals surface area contributed by atoms with Gasteiger partial charge < -0.3 is 20.0 Å². The van der Waals surface area contributed by atoms with Crippen LogP contribution in [-0.4, -0.2) is 25.4 Å². The zero-order chi connectivity index (χ0) is 27.3. The highest BCUT2D eigenvalue weighted by atomic mass is 19.1. The third-order valence-corrected chi connectivity index (χ3v) is 6.78. The van der Waals surface area contributed by atoms with E-state index in [4.69, 9.17) is 10.5 Å². The maximum Gasteiger partial charge on any atom is 0.254 e. The summed E-state index contributed by atoms with van der Waals surface area (Å²) in [6.45, 7) is 3.46. The van der Waals surface area contributed by atoms with Crippen molar-refractivity contribution < 1.29 is 13.9 Å². The van der Waals surface area contributed by atoms with Crippen molar-refractivity contribution in [2.24, 2.45) is 5.73 Å². The molecule has 0 atom stereocenters. The van der Waals surface area contributed by atoms with E-state index in [0.717, 1.165) is 16.7 Å². The minimum atomic E-state index is -0.844. The van der Waals surface area contributed by atoms with Gasteiger partial charge in [-0.15, -0.1) is 0 Å². The van der Waals surface area contributed by atoms with Crippen LogP contribution in [0, 0.1) is 19.7 Å². The maximum absolute atomic E-state index is 15.6. The number of hydrogen-bond donors (Lipinski definition) is 2. The first kappa shape index (κ1) is 24.1. The van der Waals surface area contributed by atoms with Gasteiger partial charge in [-0.05, 0) is 43.2 Å². The Balaban J connectivity index is 1.48. The molecule has 0 saturated carbocycles. The van der Waals surface area contributed by atoms with Gasteiger partial charge in [0, 0.05) is 34.6 Å². The molecule has 0 aliphatic carbocycles. The van der Waals surface area contributed by atoms with Crippen LogP contribution in [0.1, 0.15) is 21.6 Å². The fourth-order valence-corrected chi connectivity index (χ4v) is 5.00. The van der Waals surface area contributed by atoms with E-state index in [0.29, 0.717) is 33.3 Å². The Kier molecular flexibility index (Phi) is 5.68. The third kappa shape index (κ3) is 3.91. The van der Waals surface area contributed by atoms with E-state index in [9.17, 15) is 9.59 Å². The Morgan fingerprint density at radius 1 is 1.03 bits per heavy atom. The third-order valence-electron chi connectivity index (χ3n) is 6.78. The SMILES string of the molecule is Cc1cccc2c(=O)c(C(N)=O)c(C)n(-c3ccc(Oc4ncnc5[nH]cc(-c6ccccc6)c45)c(F)c3)c12. The summed E-state index contributed by atoms with van der Waals surface area (Å²) in [5.74, 6) is -1.35. The Labute approximate surface area is 221 Å². The fourth-order valence-electron chi connectivity index (χ4n) is 5.00. The molecule has 3 aromatic heterocycles. The summed E-state index contributed by atoms with van der Waals surface area (Å²) in [5, 5.41) is 0.940. The van der Waals surface area contributed by atoms with Gasteiger partial charge in [0.2, 0.25) is 11.3 Å². The van der Waals surface area contributed by atoms with Crippen LogP contribution in [-0.2, 0) is 0 Å². The van der Waals surface area contributed by atoms with Crippen LogP contribution in [0.2, 0.25) is 0 Å². The molecule has 0 bridgehead atoms. The van der Waals surface area contributed by atoms with E-state index in [1.165, 1.54) is 18.5 Å². The zero-order valence-corrected chi connectivity index (χ0v) is 21.0. The van der Waals surface area contributed by atoms with Crippen LogP contribution in [0.3, 0.4) is 0 Å². The molecule has 0 spiro atoms. The molecule has 3 heterocycles. The van der Waals surface area contributed by atoms with Gasteiger partial charge in [0.25, 0.3) is 5.91 Å². The number of para-hydroxylation sites is 1. The summed E-state index contributed by atoms with van der Waals surface area (Å²) in [4.78, 5) is 36.9. The van der Waals surface area contributed by atoms with Crippen LogP contribution < -0.4 is 15.9 Å². The summed E-state index contributed by atoms with van der Waals surface area (Å²) >= 11 is 0. The predicted octanol–water partition coefficient (Wildman–Crippen LogP) is 5.58. The number of halogens is 1. The largest absolute Gasteiger partial charge is 0.435 e. The first-order valence-electron chi connectivity index (χ1n) is 12.1. The smallest absolute Gasteiger partial charge is 0.254 e. The highest BCUT2D eigenvalue weighted by molar-refractivity contribution is 5.99. The van der Waals surface area contributed by atoms with Crippen LogP contribution in [0.4, 0.5) is 4.39 Å². The number of amides is 1. The van der Waals surface area contributed by atoms with E-state index in [-0.39, 0.29) is 17.2 Å². The Morgan fingerprint density at radius 3 is 2.56 bits per heavy atom. The summed E-state index contributed by atoms with van der Waals surface area (Å²) < 4.78 is 23.2.